The molecule has 2 aromatic heterocycles. The molecule has 2 heterocycles. The van der Waals surface area contributed by atoms with Crippen LogP contribution in [0.3, 0.4) is 0 Å². The van der Waals surface area contributed by atoms with Gasteiger partial charge in [-0.15, -0.1) is 5.10 Å². The Balaban J connectivity index is 1.52. The summed E-state index contributed by atoms with van der Waals surface area (Å²) in [5, 5.41) is 8.22. The molecule has 4 aromatic rings. The summed E-state index contributed by atoms with van der Waals surface area (Å²) in [4.78, 5) is 8.89. The molecular formula is C21H19N5O2S2. The van der Waals surface area contributed by atoms with Gasteiger partial charge in [0.1, 0.15) is 9.92 Å². The Hall–Kier alpha value is -3.17. The molecule has 0 unspecified atom stereocenters. The predicted octanol–water partition coefficient (Wildman–Crippen LogP) is 4.23. The number of pyridine rings is 1. The molecule has 152 valence electrons. The van der Waals surface area contributed by atoms with Crippen LogP contribution in [0.5, 0.6) is 0 Å². The fraction of sp³-hybridized carbons (Fsp3) is 0.0952. The Labute approximate surface area is 179 Å². The summed E-state index contributed by atoms with van der Waals surface area (Å²) < 4.78 is 27.4. The SMILES string of the molecule is CCN(c1ccccc1)S(=O)(=O)c1ccc(Sc2n[nH]c(-c3ccccc3)n2)nc1. The molecule has 0 bridgehead atoms. The highest BCUT2D eigenvalue weighted by atomic mass is 32.2. The molecule has 7 nitrogen and oxygen atoms in total. The lowest BCUT2D eigenvalue weighted by Crippen LogP contribution is -2.30. The maximum absolute atomic E-state index is 13.0. The molecule has 0 aliphatic heterocycles. The second kappa shape index (κ2) is 8.68. The van der Waals surface area contributed by atoms with Crippen molar-refractivity contribution < 1.29 is 8.42 Å². The molecule has 0 spiro atoms. The van der Waals surface area contributed by atoms with E-state index in [1.165, 1.54) is 22.3 Å². The van der Waals surface area contributed by atoms with Crippen LogP contribution in [0.4, 0.5) is 5.69 Å². The van der Waals surface area contributed by atoms with Crippen LogP contribution < -0.4 is 4.31 Å². The zero-order valence-corrected chi connectivity index (χ0v) is 17.8. The van der Waals surface area contributed by atoms with Crippen LogP contribution in [0.25, 0.3) is 11.4 Å². The molecule has 4 rings (SSSR count). The Bertz CT molecular complexity index is 1210. The van der Waals surface area contributed by atoms with Gasteiger partial charge in [-0.05, 0) is 43.0 Å². The standard InChI is InChI=1S/C21H19N5O2S2/c1-2-26(17-11-7-4-8-12-17)30(27,28)18-13-14-19(22-15-18)29-21-23-20(24-25-21)16-9-5-3-6-10-16/h3-15H,2H2,1H3,(H,23,24,25). The maximum atomic E-state index is 13.0. The fourth-order valence-corrected chi connectivity index (χ4v) is 4.98. The minimum atomic E-state index is -3.70. The molecule has 30 heavy (non-hydrogen) atoms. The lowest BCUT2D eigenvalue weighted by atomic mass is 10.2. The number of nitrogens with one attached hydrogen (secondary N) is 1. The lowest BCUT2D eigenvalue weighted by Gasteiger charge is -2.22. The molecule has 0 saturated heterocycles. The number of sulfonamides is 1. The van der Waals surface area contributed by atoms with Crippen LogP contribution in [0.2, 0.25) is 0 Å². The summed E-state index contributed by atoms with van der Waals surface area (Å²) in [6.45, 7) is 2.12. The van der Waals surface area contributed by atoms with E-state index in [4.69, 9.17) is 0 Å². The lowest BCUT2D eigenvalue weighted by molar-refractivity contribution is 0.591. The third-order valence-electron chi connectivity index (χ3n) is 4.34. The van der Waals surface area contributed by atoms with E-state index >= 15 is 0 Å². The van der Waals surface area contributed by atoms with Gasteiger partial charge in [-0.3, -0.25) is 9.40 Å². The largest absolute Gasteiger partial charge is 0.267 e. The molecule has 1 N–H and O–H groups in total. The van der Waals surface area contributed by atoms with Crippen molar-refractivity contribution in [3.05, 3.63) is 79.0 Å². The molecule has 0 aliphatic carbocycles. The summed E-state index contributed by atoms with van der Waals surface area (Å²) in [5.74, 6) is 0.666. The van der Waals surface area contributed by atoms with Crippen molar-refractivity contribution in [2.45, 2.75) is 22.0 Å². The van der Waals surface area contributed by atoms with E-state index in [0.29, 0.717) is 28.2 Å². The van der Waals surface area contributed by atoms with Crippen LogP contribution in [-0.4, -0.2) is 35.1 Å². The van der Waals surface area contributed by atoms with Crippen molar-refractivity contribution in [2.75, 3.05) is 10.8 Å². The molecule has 0 amide bonds. The van der Waals surface area contributed by atoms with Crippen molar-refractivity contribution in [1.82, 2.24) is 20.2 Å². The Morgan fingerprint density at radius 3 is 2.30 bits per heavy atom. The van der Waals surface area contributed by atoms with E-state index < -0.39 is 10.0 Å². The smallest absolute Gasteiger partial charge is 0.265 e. The summed E-state index contributed by atoms with van der Waals surface area (Å²) >= 11 is 1.26. The third kappa shape index (κ3) is 4.22. The number of aromatic nitrogens is 4. The fourth-order valence-electron chi connectivity index (χ4n) is 2.90. The second-order valence-corrected chi connectivity index (χ2v) is 9.12. The van der Waals surface area contributed by atoms with Gasteiger partial charge in [0, 0.05) is 18.3 Å². The van der Waals surface area contributed by atoms with Crippen LogP contribution >= 0.6 is 11.8 Å². The Morgan fingerprint density at radius 2 is 1.67 bits per heavy atom. The zero-order valence-electron chi connectivity index (χ0n) is 16.1. The first-order valence-electron chi connectivity index (χ1n) is 9.27. The second-order valence-electron chi connectivity index (χ2n) is 6.27. The average Bonchev–Trinajstić information content (AvgIpc) is 3.24. The summed E-state index contributed by atoms with van der Waals surface area (Å²) in [5.41, 5.74) is 1.56. The van der Waals surface area contributed by atoms with Gasteiger partial charge in [0.15, 0.2) is 5.82 Å². The highest BCUT2D eigenvalue weighted by Gasteiger charge is 2.24. The summed E-state index contributed by atoms with van der Waals surface area (Å²) in [6, 6.07) is 21.9. The van der Waals surface area contributed by atoms with E-state index in [-0.39, 0.29) is 4.90 Å². The molecular weight excluding hydrogens is 418 g/mol. The summed E-state index contributed by atoms with van der Waals surface area (Å²) in [7, 11) is -3.70. The van der Waals surface area contributed by atoms with E-state index in [0.717, 1.165) is 5.56 Å². The number of aromatic amines is 1. The van der Waals surface area contributed by atoms with Gasteiger partial charge in [-0.1, -0.05) is 48.5 Å². The minimum Gasteiger partial charge on any atom is -0.267 e. The number of anilines is 1. The number of hydrogen-bond donors (Lipinski definition) is 1. The van der Waals surface area contributed by atoms with E-state index in [1.54, 1.807) is 31.2 Å². The highest BCUT2D eigenvalue weighted by molar-refractivity contribution is 7.99. The van der Waals surface area contributed by atoms with Gasteiger partial charge >= 0.3 is 0 Å². The first kappa shape index (κ1) is 20.1. The molecule has 9 heteroatoms. The van der Waals surface area contributed by atoms with Crippen molar-refractivity contribution in [1.29, 1.82) is 0 Å². The normalized spacial score (nSPS) is 11.4. The number of hydrogen-bond acceptors (Lipinski definition) is 6. The molecule has 0 aliphatic rings. The Morgan fingerprint density at radius 1 is 0.967 bits per heavy atom. The van der Waals surface area contributed by atoms with E-state index in [9.17, 15) is 8.42 Å². The van der Waals surface area contributed by atoms with Crippen LogP contribution in [-0.2, 0) is 10.0 Å². The zero-order chi connectivity index (χ0) is 21.0. The highest BCUT2D eigenvalue weighted by Crippen LogP contribution is 2.27. The van der Waals surface area contributed by atoms with Gasteiger partial charge in [-0.2, -0.15) is 0 Å². The maximum Gasteiger partial charge on any atom is 0.265 e. The van der Waals surface area contributed by atoms with Crippen molar-refractivity contribution in [3.63, 3.8) is 0 Å². The van der Waals surface area contributed by atoms with Gasteiger partial charge in [-0.25, -0.2) is 18.4 Å². The van der Waals surface area contributed by atoms with Crippen molar-refractivity contribution >= 4 is 27.5 Å². The summed E-state index contributed by atoms with van der Waals surface area (Å²) in [6.07, 6.45) is 1.37. The minimum absolute atomic E-state index is 0.137. The first-order valence-corrected chi connectivity index (χ1v) is 11.5. The molecule has 2 aromatic carbocycles. The van der Waals surface area contributed by atoms with Crippen LogP contribution in [0.15, 0.2) is 94.1 Å². The first-order chi connectivity index (χ1) is 14.6. The predicted molar refractivity (Wildman–Crippen MR) is 117 cm³/mol. The van der Waals surface area contributed by atoms with Gasteiger partial charge in [0.05, 0.1) is 5.69 Å². The third-order valence-corrected chi connectivity index (χ3v) is 7.04. The topological polar surface area (TPSA) is 91.8 Å². The van der Waals surface area contributed by atoms with Gasteiger partial charge in [0.25, 0.3) is 10.0 Å². The quantitative estimate of drug-likeness (QED) is 0.465. The van der Waals surface area contributed by atoms with Crippen LogP contribution in [0.1, 0.15) is 6.92 Å². The molecule has 0 fully saturated rings. The van der Waals surface area contributed by atoms with Gasteiger partial charge in [0.2, 0.25) is 5.16 Å². The molecule has 0 radical (unpaired) electrons. The van der Waals surface area contributed by atoms with Crippen LogP contribution in [0, 0.1) is 0 Å². The molecule has 0 saturated carbocycles. The average molecular weight is 438 g/mol. The monoisotopic (exact) mass is 437 g/mol. The van der Waals surface area contributed by atoms with Gasteiger partial charge < -0.3 is 0 Å². The van der Waals surface area contributed by atoms with E-state index in [1.807, 2.05) is 48.5 Å². The Kier molecular flexibility index (Phi) is 5.82. The van der Waals surface area contributed by atoms with Crippen molar-refractivity contribution in [2.24, 2.45) is 0 Å². The number of nitrogens with zero attached hydrogens (tertiary/aromatic N) is 4. The van der Waals surface area contributed by atoms with Crippen molar-refractivity contribution in [3.8, 4) is 11.4 Å². The number of H-pyrrole nitrogens is 1. The number of benzene rings is 2. The molecule has 0 atom stereocenters. The number of para-hydroxylation sites is 1. The number of rotatable bonds is 7. The van der Waals surface area contributed by atoms with E-state index in [2.05, 4.69) is 20.2 Å².